The van der Waals surface area contributed by atoms with Gasteiger partial charge in [-0.1, -0.05) is 23.7 Å². The summed E-state index contributed by atoms with van der Waals surface area (Å²) in [6.45, 7) is 3.34. The number of benzene rings is 1. The van der Waals surface area contributed by atoms with Gasteiger partial charge < -0.3 is 10.3 Å². The van der Waals surface area contributed by atoms with Crippen molar-refractivity contribution < 1.29 is 9.59 Å². The van der Waals surface area contributed by atoms with Crippen LogP contribution >= 0.6 is 11.6 Å². The van der Waals surface area contributed by atoms with Crippen LogP contribution in [0.15, 0.2) is 36.5 Å². The van der Waals surface area contributed by atoms with Crippen LogP contribution in [0.2, 0.25) is 5.02 Å². The van der Waals surface area contributed by atoms with Gasteiger partial charge >= 0.3 is 0 Å². The molecule has 0 spiro atoms. The third kappa shape index (κ3) is 3.27. The summed E-state index contributed by atoms with van der Waals surface area (Å²) >= 11 is 5.83. The molecule has 2 rings (SSSR count). The molecule has 2 N–H and O–H groups in total. The Bertz CT molecular complexity index is 632. The van der Waals surface area contributed by atoms with Gasteiger partial charge in [0.05, 0.1) is 6.04 Å². The minimum atomic E-state index is -0.250. The van der Waals surface area contributed by atoms with E-state index in [-0.39, 0.29) is 17.7 Å². The predicted octanol–water partition coefficient (Wildman–Crippen LogP) is 3.36. The standard InChI is InChI=1S/C15H15ClN2O2/c1-9(11-3-5-13(16)6-4-11)18-15(20)14-7-12(8-17-14)10(2)19/h3-9,17H,1-2H3,(H,18,20). The second kappa shape index (κ2) is 5.92. The van der Waals surface area contributed by atoms with Crippen LogP contribution in [0.5, 0.6) is 0 Å². The highest BCUT2D eigenvalue weighted by molar-refractivity contribution is 6.30. The lowest BCUT2D eigenvalue weighted by Gasteiger charge is -2.13. The molecule has 0 saturated carbocycles. The number of Topliss-reactive ketones (excluding diaryl/α,β-unsaturated/α-hetero) is 1. The molecule has 0 aliphatic carbocycles. The van der Waals surface area contributed by atoms with E-state index in [0.29, 0.717) is 16.3 Å². The van der Waals surface area contributed by atoms with E-state index in [0.717, 1.165) is 5.56 Å². The molecule has 0 radical (unpaired) electrons. The lowest BCUT2D eigenvalue weighted by Crippen LogP contribution is -2.26. The molecule has 1 amide bonds. The predicted molar refractivity (Wildman–Crippen MR) is 78.1 cm³/mol. The molecule has 0 aliphatic rings. The van der Waals surface area contributed by atoms with Crippen molar-refractivity contribution in [1.82, 2.24) is 10.3 Å². The van der Waals surface area contributed by atoms with Crippen LogP contribution in [0.3, 0.4) is 0 Å². The topological polar surface area (TPSA) is 62.0 Å². The average molecular weight is 291 g/mol. The molecule has 0 fully saturated rings. The first kappa shape index (κ1) is 14.3. The van der Waals surface area contributed by atoms with Gasteiger partial charge in [0.2, 0.25) is 0 Å². The zero-order valence-electron chi connectivity index (χ0n) is 11.2. The van der Waals surface area contributed by atoms with Gasteiger partial charge in [-0.05, 0) is 37.6 Å². The van der Waals surface area contributed by atoms with Crippen molar-refractivity contribution >= 4 is 23.3 Å². The first-order valence-electron chi connectivity index (χ1n) is 6.23. The van der Waals surface area contributed by atoms with Gasteiger partial charge in [0.1, 0.15) is 5.69 Å². The molecule has 1 unspecified atom stereocenters. The molecular formula is C15H15ClN2O2. The van der Waals surface area contributed by atoms with Crippen molar-refractivity contribution in [3.8, 4) is 0 Å². The Kier molecular flexibility index (Phi) is 4.25. The zero-order chi connectivity index (χ0) is 14.7. The number of nitrogens with one attached hydrogen (secondary N) is 2. The van der Waals surface area contributed by atoms with E-state index >= 15 is 0 Å². The van der Waals surface area contributed by atoms with Crippen LogP contribution in [0.4, 0.5) is 0 Å². The molecule has 1 aromatic carbocycles. The fourth-order valence-electron chi connectivity index (χ4n) is 1.84. The fourth-order valence-corrected chi connectivity index (χ4v) is 1.96. The number of hydrogen-bond acceptors (Lipinski definition) is 2. The van der Waals surface area contributed by atoms with E-state index < -0.39 is 0 Å². The smallest absolute Gasteiger partial charge is 0.268 e. The summed E-state index contributed by atoms with van der Waals surface area (Å²) in [5.41, 5.74) is 1.83. The normalized spacial score (nSPS) is 11.9. The van der Waals surface area contributed by atoms with E-state index in [9.17, 15) is 9.59 Å². The van der Waals surface area contributed by atoms with Gasteiger partial charge in [0, 0.05) is 16.8 Å². The van der Waals surface area contributed by atoms with E-state index in [2.05, 4.69) is 10.3 Å². The maximum Gasteiger partial charge on any atom is 0.268 e. The first-order chi connectivity index (χ1) is 9.47. The minimum absolute atomic E-state index is 0.0777. The van der Waals surface area contributed by atoms with Crippen molar-refractivity contribution in [2.75, 3.05) is 0 Å². The molecule has 4 nitrogen and oxygen atoms in total. The summed E-state index contributed by atoms with van der Waals surface area (Å²) in [5.74, 6) is -0.328. The van der Waals surface area contributed by atoms with Crippen LogP contribution in [-0.2, 0) is 0 Å². The second-order valence-corrected chi connectivity index (χ2v) is 5.04. The number of carbonyl (C=O) groups excluding carboxylic acids is 2. The number of hydrogen-bond donors (Lipinski definition) is 2. The number of amides is 1. The monoisotopic (exact) mass is 290 g/mol. The Morgan fingerprint density at radius 2 is 1.90 bits per heavy atom. The van der Waals surface area contributed by atoms with Crippen LogP contribution in [-0.4, -0.2) is 16.7 Å². The summed E-state index contributed by atoms with van der Waals surface area (Å²) in [6.07, 6.45) is 1.53. The van der Waals surface area contributed by atoms with E-state index in [4.69, 9.17) is 11.6 Å². The van der Waals surface area contributed by atoms with Crippen molar-refractivity contribution in [1.29, 1.82) is 0 Å². The van der Waals surface area contributed by atoms with Gasteiger partial charge in [0.25, 0.3) is 5.91 Å². The van der Waals surface area contributed by atoms with Crippen molar-refractivity contribution in [3.63, 3.8) is 0 Å². The Morgan fingerprint density at radius 3 is 2.45 bits per heavy atom. The number of rotatable bonds is 4. The summed E-state index contributed by atoms with van der Waals surface area (Å²) < 4.78 is 0. The second-order valence-electron chi connectivity index (χ2n) is 4.60. The molecule has 0 saturated heterocycles. The van der Waals surface area contributed by atoms with E-state index in [1.807, 2.05) is 19.1 Å². The molecule has 5 heteroatoms. The van der Waals surface area contributed by atoms with Crippen molar-refractivity contribution in [3.05, 3.63) is 58.4 Å². The van der Waals surface area contributed by atoms with Gasteiger partial charge in [-0.3, -0.25) is 9.59 Å². The zero-order valence-corrected chi connectivity index (χ0v) is 12.0. The largest absolute Gasteiger partial charge is 0.356 e. The Labute approximate surface area is 122 Å². The summed E-state index contributed by atoms with van der Waals surface area (Å²) in [6, 6.07) is 8.69. The molecule has 0 aliphatic heterocycles. The quantitative estimate of drug-likeness (QED) is 0.848. The molecule has 1 atom stereocenters. The summed E-state index contributed by atoms with van der Waals surface area (Å²) in [7, 11) is 0. The number of aromatic nitrogens is 1. The maximum atomic E-state index is 12.1. The van der Waals surface area contributed by atoms with Crippen LogP contribution in [0.1, 0.15) is 46.3 Å². The molecular weight excluding hydrogens is 276 g/mol. The highest BCUT2D eigenvalue weighted by Gasteiger charge is 2.14. The number of halogens is 1. The molecule has 20 heavy (non-hydrogen) atoms. The summed E-state index contributed by atoms with van der Waals surface area (Å²) in [5, 5.41) is 3.51. The molecule has 2 aromatic rings. The minimum Gasteiger partial charge on any atom is -0.356 e. The molecule has 0 bridgehead atoms. The third-order valence-electron chi connectivity index (χ3n) is 3.05. The van der Waals surface area contributed by atoms with Crippen molar-refractivity contribution in [2.24, 2.45) is 0 Å². The molecule has 1 aromatic heterocycles. The van der Waals surface area contributed by atoms with Crippen LogP contribution in [0.25, 0.3) is 0 Å². The van der Waals surface area contributed by atoms with Gasteiger partial charge in [0.15, 0.2) is 5.78 Å². The van der Waals surface area contributed by atoms with Gasteiger partial charge in [-0.2, -0.15) is 0 Å². The SMILES string of the molecule is CC(=O)c1c[nH]c(C(=O)NC(C)c2ccc(Cl)cc2)c1. The van der Waals surface area contributed by atoms with E-state index in [1.54, 1.807) is 18.2 Å². The number of ketones is 1. The Morgan fingerprint density at radius 1 is 1.25 bits per heavy atom. The number of aromatic amines is 1. The Hall–Kier alpha value is -2.07. The molecule has 1 heterocycles. The van der Waals surface area contributed by atoms with Crippen molar-refractivity contribution in [2.45, 2.75) is 19.9 Å². The highest BCUT2D eigenvalue weighted by atomic mass is 35.5. The van der Waals surface area contributed by atoms with Gasteiger partial charge in [-0.15, -0.1) is 0 Å². The summed E-state index contributed by atoms with van der Waals surface area (Å²) in [4.78, 5) is 26.0. The Balaban J connectivity index is 2.06. The fraction of sp³-hybridized carbons (Fsp3) is 0.200. The lowest BCUT2D eigenvalue weighted by molar-refractivity contribution is 0.0935. The van der Waals surface area contributed by atoms with E-state index in [1.165, 1.54) is 13.1 Å². The highest BCUT2D eigenvalue weighted by Crippen LogP contribution is 2.16. The maximum absolute atomic E-state index is 12.1. The lowest BCUT2D eigenvalue weighted by atomic mass is 10.1. The third-order valence-corrected chi connectivity index (χ3v) is 3.30. The first-order valence-corrected chi connectivity index (χ1v) is 6.61. The van der Waals surface area contributed by atoms with Crippen LogP contribution < -0.4 is 5.32 Å². The van der Waals surface area contributed by atoms with Crippen LogP contribution in [0, 0.1) is 0 Å². The number of carbonyl (C=O) groups is 2. The average Bonchev–Trinajstić information content (AvgIpc) is 2.89. The van der Waals surface area contributed by atoms with Gasteiger partial charge in [-0.25, -0.2) is 0 Å². The molecule has 104 valence electrons. The number of H-pyrrole nitrogens is 1.